The Balaban J connectivity index is 0.000000155. The number of esters is 2. The Morgan fingerprint density at radius 1 is 0.400 bits per heavy atom. The highest BCUT2D eigenvalue weighted by atomic mass is 127. The van der Waals surface area contributed by atoms with Crippen molar-refractivity contribution in [3.63, 3.8) is 0 Å². The fourth-order valence-electron chi connectivity index (χ4n) is 24.8. The van der Waals surface area contributed by atoms with Crippen molar-refractivity contribution in [3.05, 3.63) is 48.6 Å². The monoisotopic (exact) mass is 1740 g/mol. The highest BCUT2D eigenvalue weighted by Gasteiger charge is 2.71. The third kappa shape index (κ3) is 15.7. The number of carbonyl (C=O) groups excluding carboxylic acids is 2. The summed E-state index contributed by atoms with van der Waals surface area (Å²) in [6, 6.07) is 3.24. The molecule has 0 saturated carbocycles. The van der Waals surface area contributed by atoms with Gasteiger partial charge in [-0.05, 0) is 142 Å². The van der Waals surface area contributed by atoms with Crippen LogP contribution < -0.4 is 0 Å². The number of halogens is 1. The Bertz CT molecular complexity index is 3560. The molecule has 642 valence electrons. The van der Waals surface area contributed by atoms with Gasteiger partial charge in [-0.2, -0.15) is 0 Å². The topological polar surface area (TPSA) is 268 Å². The first-order valence-electron chi connectivity index (χ1n) is 45.0. The molecular formula is C88H129IO25Si. The number of alkyl halides is 1. The van der Waals surface area contributed by atoms with E-state index in [1.54, 1.807) is 0 Å². The van der Waals surface area contributed by atoms with Crippen molar-refractivity contribution in [2.45, 2.75) is 452 Å². The van der Waals surface area contributed by atoms with E-state index in [4.69, 9.17) is 99.2 Å². The number of rotatable bonds is 7. The number of aliphatic hydroxyl groups is 2. The Kier molecular flexibility index (Phi) is 23.8. The summed E-state index contributed by atoms with van der Waals surface area (Å²) in [5.41, 5.74) is 4.36. The predicted molar refractivity (Wildman–Crippen MR) is 424 cm³/mol. The number of fused-ring (bicyclic) bond motifs is 14. The second kappa shape index (κ2) is 33.2. The molecule has 0 aromatic carbocycles. The molecular weight excluding hydrogens is 1610 g/mol. The first kappa shape index (κ1) is 82.6. The van der Waals surface area contributed by atoms with E-state index in [2.05, 4.69) is 90.4 Å². The van der Waals surface area contributed by atoms with Gasteiger partial charge in [0.15, 0.2) is 19.9 Å². The van der Waals surface area contributed by atoms with E-state index in [1.807, 2.05) is 6.92 Å². The summed E-state index contributed by atoms with van der Waals surface area (Å²) in [6.45, 7) is 33.1. The van der Waals surface area contributed by atoms with Crippen molar-refractivity contribution in [2.24, 2.45) is 23.7 Å². The lowest BCUT2D eigenvalue weighted by atomic mass is 9.79. The molecule has 22 heterocycles. The molecule has 0 radical (unpaired) electrons. The van der Waals surface area contributed by atoms with Gasteiger partial charge in [0.1, 0.15) is 79.4 Å². The van der Waals surface area contributed by atoms with Crippen molar-refractivity contribution in [1.82, 2.24) is 0 Å². The molecule has 2 N–H and O–H groups in total. The van der Waals surface area contributed by atoms with Crippen molar-refractivity contribution in [1.29, 1.82) is 0 Å². The lowest BCUT2D eigenvalue weighted by Gasteiger charge is -2.52. The van der Waals surface area contributed by atoms with E-state index in [0.29, 0.717) is 57.8 Å². The normalized spacial score (nSPS) is 53.2. The molecule has 0 aliphatic carbocycles. The average molecular weight is 1740 g/mol. The third-order valence-corrected chi connectivity index (χ3v) is 37.0. The third-order valence-electron chi connectivity index (χ3n) is 31.5. The van der Waals surface area contributed by atoms with Crippen LogP contribution in [0, 0.1) is 23.7 Å². The first-order valence-corrected chi connectivity index (χ1v) is 49.0. The summed E-state index contributed by atoms with van der Waals surface area (Å²) in [7, 11) is -1.92. The molecule has 6 unspecified atom stereocenters. The summed E-state index contributed by atoms with van der Waals surface area (Å²) in [4.78, 5) is 28.3. The van der Waals surface area contributed by atoms with Crippen LogP contribution >= 0.6 is 22.6 Å². The van der Waals surface area contributed by atoms with E-state index in [-0.39, 0.29) is 214 Å². The maximum atomic E-state index is 14.3. The smallest absolute Gasteiger partial charge is 0.308 e. The van der Waals surface area contributed by atoms with Gasteiger partial charge in [0.05, 0.1) is 160 Å². The van der Waals surface area contributed by atoms with Crippen LogP contribution in [0.5, 0.6) is 0 Å². The Morgan fingerprint density at radius 3 is 1.27 bits per heavy atom. The fourth-order valence-corrected chi connectivity index (χ4v) is 28.4. The molecule has 22 aliphatic heterocycles. The number of hydrogen-bond donors (Lipinski definition) is 2. The Hall–Kier alpha value is -1.99. The molecule has 115 heavy (non-hydrogen) atoms. The van der Waals surface area contributed by atoms with E-state index < -0.39 is 80.9 Å². The summed E-state index contributed by atoms with van der Waals surface area (Å²) in [5, 5.41) is 20.7. The van der Waals surface area contributed by atoms with Crippen LogP contribution in [-0.4, -0.2) is 273 Å². The summed E-state index contributed by atoms with van der Waals surface area (Å²) < 4.78 is 143. The fraction of sp³-hybridized carbons (Fsp3) is 0.886. The highest BCUT2D eigenvalue weighted by molar-refractivity contribution is 14.1. The minimum atomic E-state index is -1.92. The van der Waals surface area contributed by atoms with Crippen LogP contribution in [0.4, 0.5) is 0 Å². The standard InChI is InChI=1S/C47H71IO12Si.C41H58O13/c1-8-61(9-2,10-3)60-34-21-36-40(56-38(34)23-48)27(7)41-35(53-36)20-33-26(6)24(4)17-28(51-33)11-13-31-25(5)18-30(50-31)15-16-47-22-37-43(58-47)44-45(55-37)46(59-47)42-32(54-44)14-12-29(52-42)19-39(49)57-41;1-18-11-22-5-7-26-19(2)12-24(45-26)9-10-41-16-31-37(53-41)38-39(50-31)40(54-41)36-27(49-38)8-6-23(47-36)13-33(44)52-35-21(4)34-29(14-25(43)32(17-42)51-34)48-30(35)15-28(46-22)20(18)3/h24,27-38,40-46H,5-6,8-23H2,1-4,7H3;18,21-32,34-40,42-43H,2-3,5-17H2,1,4H3/t24-,27+,28+,29-,30+,31+,32+,33?,34-,35+,36+,37-,38-,40+,41-,42+,43-,44?,45-,46?,47+;18-,21+,22+,23-,24+,25-,26+,27+,28?,29+,30+,31-,32-,34+,35-,36+,37-,38?,39-,40?,41+/m11/s1. The molecule has 27 heteroatoms. The van der Waals surface area contributed by atoms with Crippen molar-refractivity contribution >= 4 is 42.8 Å². The summed E-state index contributed by atoms with van der Waals surface area (Å²) >= 11 is 2.44. The maximum Gasteiger partial charge on any atom is 0.308 e. The predicted octanol–water partition coefficient (Wildman–Crippen LogP) is 10.9. The number of aliphatic hydroxyl groups excluding tert-OH is 2. The van der Waals surface area contributed by atoms with Crippen LogP contribution in [0.15, 0.2) is 48.6 Å². The molecule has 24 bridgehead atoms. The van der Waals surface area contributed by atoms with Gasteiger partial charge in [-0.25, -0.2) is 0 Å². The van der Waals surface area contributed by atoms with Crippen LogP contribution in [0.3, 0.4) is 0 Å². The number of hydrogen-bond acceptors (Lipinski definition) is 25. The van der Waals surface area contributed by atoms with Gasteiger partial charge in [-0.15, -0.1) is 0 Å². The zero-order valence-corrected chi connectivity index (χ0v) is 71.7. The molecule has 22 saturated heterocycles. The Labute approximate surface area is 693 Å². The zero-order valence-electron chi connectivity index (χ0n) is 68.6. The second-order valence-electron chi connectivity index (χ2n) is 38.6. The van der Waals surface area contributed by atoms with Gasteiger partial charge in [-0.3, -0.25) is 9.59 Å². The van der Waals surface area contributed by atoms with Crippen LogP contribution in [0.1, 0.15) is 203 Å². The lowest BCUT2D eigenvalue weighted by molar-refractivity contribution is -0.293. The van der Waals surface area contributed by atoms with Crippen molar-refractivity contribution < 1.29 is 119 Å². The highest BCUT2D eigenvalue weighted by Crippen LogP contribution is 2.58. The van der Waals surface area contributed by atoms with Crippen molar-refractivity contribution in [2.75, 3.05) is 11.0 Å². The SMILES string of the molecule is C=C1C2C[C@@H]3O[C@H]4C[C@@H](O)[C@@H](CO)O[C@H]4[C@H](C)[C@H]3OC(=O)C[C@H]3CC[C@@H]4OC5[C@H]6O[C@@H]7C[C@](CC[C@H]8CC(=C)[C@H](CC[C@@H](C[C@H]1C)O2)O8)(OC6[C@H]4O3)O[C@@H]57.C=C1C2C[C@@H]3O[C@H]4C[C@@H](O[Si](CC)(CC)CC)[C@@H](CI)O[C@H]4[C@H](C)[C@H]3OC(=O)C[C@H]3CC[C@@H]4OC5[C@H]6O[C@@H]7C[C@](CC[C@H]8CC(=C)[C@H](CC[C@@H](C[C@H]1C)O2)O8)(OC6[C@H]4O3)O[C@@H]57. The molecule has 22 rings (SSSR count). The number of ether oxygens (including phenoxy) is 20. The molecule has 0 aromatic heterocycles. The number of carbonyl (C=O) groups is 2. The summed E-state index contributed by atoms with van der Waals surface area (Å²) in [5.74, 6) is -2.14. The molecule has 22 aliphatic rings. The quantitative estimate of drug-likeness (QED) is 0.0788. The Morgan fingerprint density at radius 2 is 0.809 bits per heavy atom. The van der Waals surface area contributed by atoms with Gasteiger partial charge in [0, 0.05) is 67.6 Å². The second-order valence-corrected chi connectivity index (χ2v) is 44.2. The minimum absolute atomic E-state index is 0.000828. The first-order chi connectivity index (χ1) is 55.4. The molecule has 42 atom stereocenters. The maximum absolute atomic E-state index is 14.3. The minimum Gasteiger partial charge on any atom is -0.459 e. The van der Waals surface area contributed by atoms with Gasteiger partial charge < -0.3 is 109 Å². The van der Waals surface area contributed by atoms with E-state index in [1.165, 1.54) is 0 Å². The van der Waals surface area contributed by atoms with Gasteiger partial charge >= 0.3 is 11.9 Å². The van der Waals surface area contributed by atoms with Crippen LogP contribution in [-0.2, 0) is 109 Å². The zero-order chi connectivity index (χ0) is 79.4. The van der Waals surface area contributed by atoms with Crippen molar-refractivity contribution in [3.8, 4) is 0 Å². The molecule has 22 fully saturated rings. The van der Waals surface area contributed by atoms with Crippen LogP contribution in [0.2, 0.25) is 18.1 Å². The van der Waals surface area contributed by atoms with Gasteiger partial charge in [0.25, 0.3) is 0 Å². The molecule has 0 aromatic rings. The largest absolute Gasteiger partial charge is 0.459 e. The molecule has 0 amide bonds. The summed E-state index contributed by atoms with van der Waals surface area (Å²) in [6.07, 6.45) is 6.47. The lowest BCUT2D eigenvalue weighted by Crippen LogP contribution is -2.63. The van der Waals surface area contributed by atoms with Gasteiger partial charge in [0.2, 0.25) is 0 Å². The van der Waals surface area contributed by atoms with Gasteiger partial charge in [-0.1, -0.05) is 97.4 Å². The van der Waals surface area contributed by atoms with E-state index in [9.17, 15) is 19.8 Å². The molecule has 25 nitrogen and oxygen atoms in total. The average Bonchev–Trinajstić information content (AvgIpc) is 1.55. The van der Waals surface area contributed by atoms with Crippen LogP contribution in [0.25, 0.3) is 0 Å². The van der Waals surface area contributed by atoms with E-state index >= 15 is 0 Å². The molecule has 2 spiro atoms. The van der Waals surface area contributed by atoms with E-state index in [0.717, 1.165) is 128 Å².